The normalized spacial score (nSPS) is 12.3. The lowest BCUT2D eigenvalue weighted by molar-refractivity contribution is -0.137. The molecule has 0 saturated heterocycles. The van der Waals surface area contributed by atoms with Crippen LogP contribution in [-0.2, 0) is 11.8 Å². The van der Waals surface area contributed by atoms with E-state index in [9.17, 15) is 18.3 Å². The summed E-state index contributed by atoms with van der Waals surface area (Å²) in [5.41, 5.74) is 0.297. The number of aliphatic hydroxyl groups is 1. The third-order valence-electron chi connectivity index (χ3n) is 5.38. The van der Waals surface area contributed by atoms with Crippen LogP contribution in [-0.4, -0.2) is 25.7 Å². The van der Waals surface area contributed by atoms with E-state index in [2.05, 4.69) is 9.97 Å². The van der Waals surface area contributed by atoms with Crippen molar-refractivity contribution >= 4 is 0 Å². The molecule has 2 aromatic heterocycles. The van der Waals surface area contributed by atoms with Crippen LogP contribution in [0, 0.1) is 0 Å². The Balaban J connectivity index is 1.83. The van der Waals surface area contributed by atoms with Crippen molar-refractivity contribution in [3.05, 3.63) is 84.3 Å². The number of nitrogens with zero attached hydrogens (tertiary/aromatic N) is 3. The van der Waals surface area contributed by atoms with Crippen LogP contribution >= 0.6 is 0 Å². The van der Waals surface area contributed by atoms with Crippen LogP contribution in [0.25, 0.3) is 28.2 Å². The van der Waals surface area contributed by atoms with Crippen LogP contribution in [0.4, 0.5) is 13.2 Å². The minimum absolute atomic E-state index is 0.0506. The van der Waals surface area contributed by atoms with E-state index in [1.807, 2.05) is 38.1 Å². The van der Waals surface area contributed by atoms with E-state index in [4.69, 9.17) is 4.74 Å². The zero-order valence-electron chi connectivity index (χ0n) is 19.8. The standard InChI is InChI=1S/C27H26F3N3O2/c1-17(2)35-25-20(9-7-15-31-25)18-11-13-19(14-12-18)33-16-23(26(3,4)34)32-24(33)21-8-5-6-10-22(21)27(28,29)30/h5-17,34H,1-4H3. The summed E-state index contributed by atoms with van der Waals surface area (Å²) in [4.78, 5) is 8.73. The number of halogens is 3. The molecule has 0 amide bonds. The van der Waals surface area contributed by atoms with E-state index in [1.165, 1.54) is 18.2 Å². The van der Waals surface area contributed by atoms with E-state index in [-0.39, 0.29) is 23.2 Å². The zero-order valence-corrected chi connectivity index (χ0v) is 19.8. The van der Waals surface area contributed by atoms with Crippen molar-refractivity contribution in [1.29, 1.82) is 0 Å². The van der Waals surface area contributed by atoms with Crippen LogP contribution in [0.15, 0.2) is 73.1 Å². The number of ether oxygens (including phenoxy) is 1. The van der Waals surface area contributed by atoms with Crippen molar-refractivity contribution < 1.29 is 23.0 Å². The van der Waals surface area contributed by atoms with Crippen molar-refractivity contribution in [2.75, 3.05) is 0 Å². The van der Waals surface area contributed by atoms with Crippen LogP contribution in [0.5, 0.6) is 5.88 Å². The van der Waals surface area contributed by atoms with Crippen molar-refractivity contribution in [2.45, 2.75) is 45.6 Å². The lowest BCUT2D eigenvalue weighted by atomic mass is 10.1. The third kappa shape index (κ3) is 5.22. The van der Waals surface area contributed by atoms with Gasteiger partial charge in [0, 0.05) is 29.2 Å². The number of alkyl halides is 3. The number of pyridine rings is 1. The van der Waals surface area contributed by atoms with Gasteiger partial charge in [0.15, 0.2) is 0 Å². The highest BCUT2D eigenvalue weighted by Gasteiger charge is 2.35. The minimum atomic E-state index is -4.56. The SMILES string of the molecule is CC(C)Oc1ncccc1-c1ccc(-n2cc(C(C)(C)O)nc2-c2ccccc2C(F)(F)F)cc1. The molecule has 0 fully saturated rings. The summed E-state index contributed by atoms with van der Waals surface area (Å²) in [7, 11) is 0. The van der Waals surface area contributed by atoms with Crippen molar-refractivity contribution in [3.8, 4) is 34.1 Å². The third-order valence-corrected chi connectivity index (χ3v) is 5.38. The molecule has 4 aromatic rings. The van der Waals surface area contributed by atoms with Gasteiger partial charge in [0.25, 0.3) is 0 Å². The predicted octanol–water partition coefficient (Wildman–Crippen LogP) is 6.63. The van der Waals surface area contributed by atoms with Crippen molar-refractivity contribution in [3.63, 3.8) is 0 Å². The molecule has 0 atom stereocenters. The fourth-order valence-electron chi connectivity index (χ4n) is 3.72. The zero-order chi connectivity index (χ0) is 25.4. The second kappa shape index (κ2) is 9.19. The summed E-state index contributed by atoms with van der Waals surface area (Å²) in [6.07, 6.45) is -1.39. The van der Waals surface area contributed by atoms with Crippen LogP contribution in [0.3, 0.4) is 0 Å². The maximum atomic E-state index is 13.8. The molecular formula is C27H26F3N3O2. The van der Waals surface area contributed by atoms with Gasteiger partial charge in [-0.25, -0.2) is 9.97 Å². The van der Waals surface area contributed by atoms with Gasteiger partial charge in [-0.2, -0.15) is 13.2 Å². The topological polar surface area (TPSA) is 60.2 Å². The second-order valence-corrected chi connectivity index (χ2v) is 8.99. The highest BCUT2D eigenvalue weighted by molar-refractivity contribution is 5.70. The van der Waals surface area contributed by atoms with E-state index in [1.54, 1.807) is 42.9 Å². The molecule has 35 heavy (non-hydrogen) atoms. The first-order valence-electron chi connectivity index (χ1n) is 11.2. The van der Waals surface area contributed by atoms with E-state index >= 15 is 0 Å². The van der Waals surface area contributed by atoms with Gasteiger partial charge in [0.2, 0.25) is 5.88 Å². The molecule has 8 heteroatoms. The Morgan fingerprint density at radius 1 is 0.914 bits per heavy atom. The van der Waals surface area contributed by atoms with Gasteiger partial charge >= 0.3 is 6.18 Å². The van der Waals surface area contributed by atoms with Gasteiger partial charge in [-0.3, -0.25) is 4.57 Å². The largest absolute Gasteiger partial charge is 0.475 e. The average molecular weight is 482 g/mol. The molecule has 0 aliphatic rings. The summed E-state index contributed by atoms with van der Waals surface area (Å²) in [5, 5.41) is 10.5. The molecule has 0 spiro atoms. The van der Waals surface area contributed by atoms with Gasteiger partial charge in [-0.05, 0) is 63.6 Å². The van der Waals surface area contributed by atoms with Crippen molar-refractivity contribution in [1.82, 2.24) is 14.5 Å². The molecule has 0 radical (unpaired) electrons. The van der Waals surface area contributed by atoms with Crippen LogP contribution in [0.2, 0.25) is 0 Å². The molecule has 0 unspecified atom stereocenters. The highest BCUT2D eigenvalue weighted by Crippen LogP contribution is 2.38. The van der Waals surface area contributed by atoms with Crippen LogP contribution < -0.4 is 4.74 Å². The van der Waals surface area contributed by atoms with Gasteiger partial charge in [-0.15, -0.1) is 0 Å². The maximum Gasteiger partial charge on any atom is 0.417 e. The Labute approximate surface area is 201 Å². The Morgan fingerprint density at radius 3 is 2.20 bits per heavy atom. The molecule has 182 valence electrons. The molecule has 5 nitrogen and oxygen atoms in total. The maximum absolute atomic E-state index is 13.8. The summed E-state index contributed by atoms with van der Waals surface area (Å²) >= 11 is 0. The summed E-state index contributed by atoms with van der Waals surface area (Å²) in [6.45, 7) is 6.92. The molecule has 0 aliphatic carbocycles. The fourth-order valence-corrected chi connectivity index (χ4v) is 3.72. The van der Waals surface area contributed by atoms with E-state index in [0.29, 0.717) is 11.6 Å². The molecule has 4 rings (SSSR count). The molecule has 1 N–H and O–H groups in total. The molecule has 0 bridgehead atoms. The molecule has 2 heterocycles. The number of hydrogen-bond donors (Lipinski definition) is 1. The molecule has 0 saturated carbocycles. The quantitative estimate of drug-likeness (QED) is 0.336. The molecule has 2 aromatic carbocycles. The molecule has 0 aliphatic heterocycles. The highest BCUT2D eigenvalue weighted by atomic mass is 19.4. The van der Waals surface area contributed by atoms with Crippen molar-refractivity contribution in [2.24, 2.45) is 0 Å². The summed E-state index contributed by atoms with van der Waals surface area (Å²) in [6, 6.07) is 16.3. The van der Waals surface area contributed by atoms with Gasteiger partial charge < -0.3 is 9.84 Å². The Hall–Kier alpha value is -3.65. The number of rotatable bonds is 6. The number of benzene rings is 2. The second-order valence-electron chi connectivity index (χ2n) is 8.99. The van der Waals surface area contributed by atoms with Gasteiger partial charge in [0.05, 0.1) is 17.4 Å². The number of hydrogen-bond acceptors (Lipinski definition) is 4. The Kier molecular flexibility index (Phi) is 6.42. The fraction of sp³-hybridized carbons (Fsp3) is 0.259. The first kappa shape index (κ1) is 24.5. The number of imidazole rings is 1. The predicted molar refractivity (Wildman–Crippen MR) is 128 cm³/mol. The van der Waals surface area contributed by atoms with E-state index < -0.39 is 17.3 Å². The van der Waals surface area contributed by atoms with E-state index in [0.717, 1.165) is 17.2 Å². The average Bonchev–Trinajstić information content (AvgIpc) is 3.25. The number of aromatic nitrogens is 3. The van der Waals surface area contributed by atoms with Gasteiger partial charge in [-0.1, -0.05) is 30.3 Å². The Morgan fingerprint density at radius 2 is 1.57 bits per heavy atom. The lowest BCUT2D eigenvalue weighted by Crippen LogP contribution is -2.15. The Bertz CT molecular complexity index is 1320. The van der Waals surface area contributed by atoms with Gasteiger partial charge in [0.1, 0.15) is 11.4 Å². The summed E-state index contributed by atoms with van der Waals surface area (Å²) < 4.78 is 48.7. The van der Waals surface area contributed by atoms with Crippen LogP contribution in [0.1, 0.15) is 39.0 Å². The smallest absolute Gasteiger partial charge is 0.417 e. The summed E-state index contributed by atoms with van der Waals surface area (Å²) in [5.74, 6) is 0.593. The first-order valence-corrected chi connectivity index (χ1v) is 11.2. The molecular weight excluding hydrogens is 455 g/mol. The first-order chi connectivity index (χ1) is 16.4. The minimum Gasteiger partial charge on any atom is -0.475 e. The lowest BCUT2D eigenvalue weighted by Gasteiger charge is -2.15. The monoisotopic (exact) mass is 481 g/mol.